The fourth-order valence-corrected chi connectivity index (χ4v) is 3.46. The lowest BCUT2D eigenvalue weighted by Gasteiger charge is -2.33. The Balaban J connectivity index is 2.34. The molecular weight excluding hydrogens is 238 g/mol. The van der Waals surface area contributed by atoms with E-state index in [1.165, 1.54) is 7.11 Å². The predicted molar refractivity (Wildman–Crippen MR) is 77.0 cm³/mol. The number of hydrogen-bond acceptors (Lipinski definition) is 3. The molecule has 1 fully saturated rings. The van der Waals surface area contributed by atoms with Crippen LogP contribution in [0.25, 0.3) is 0 Å². The number of benzene rings is 1. The van der Waals surface area contributed by atoms with Crippen LogP contribution in [0.4, 0.5) is 5.69 Å². The Labute approximate surface area is 115 Å². The first-order valence-electron chi connectivity index (χ1n) is 6.81. The summed E-state index contributed by atoms with van der Waals surface area (Å²) in [5.41, 5.74) is 0.507. The number of para-hydroxylation sites is 1. The van der Waals surface area contributed by atoms with E-state index in [0.29, 0.717) is 0 Å². The molecule has 19 heavy (non-hydrogen) atoms. The zero-order valence-electron chi connectivity index (χ0n) is 12.2. The van der Waals surface area contributed by atoms with Crippen molar-refractivity contribution in [2.75, 3.05) is 12.4 Å². The number of hydrogen-bond donors (Lipinski definition) is 1. The van der Waals surface area contributed by atoms with Crippen LogP contribution in [-0.4, -0.2) is 18.6 Å². The first kappa shape index (κ1) is 13.9. The van der Waals surface area contributed by atoms with Gasteiger partial charge in [0.2, 0.25) is 0 Å². The largest absolute Gasteiger partial charge is 0.467 e. The molecule has 0 saturated heterocycles. The quantitative estimate of drug-likeness (QED) is 0.847. The average molecular weight is 261 g/mol. The van der Waals surface area contributed by atoms with Gasteiger partial charge >= 0.3 is 5.97 Å². The lowest BCUT2D eigenvalue weighted by Crippen LogP contribution is -2.49. The van der Waals surface area contributed by atoms with Crippen molar-refractivity contribution in [3.8, 4) is 0 Å². The normalized spacial score (nSPS) is 28.9. The lowest BCUT2D eigenvalue weighted by atomic mass is 9.86. The van der Waals surface area contributed by atoms with Crippen molar-refractivity contribution in [1.82, 2.24) is 0 Å². The molecule has 1 aliphatic rings. The number of carbonyl (C=O) groups is 1. The summed E-state index contributed by atoms with van der Waals surface area (Å²) in [5, 5.41) is 3.44. The van der Waals surface area contributed by atoms with E-state index < -0.39 is 5.54 Å². The number of rotatable bonds is 3. The summed E-state index contributed by atoms with van der Waals surface area (Å²) in [6.07, 6.45) is 1.81. The maximum Gasteiger partial charge on any atom is 0.331 e. The SMILES string of the molecule is COC(=O)C1(Nc2ccccc2)CC(C)(C)CC1C. The second-order valence-electron chi connectivity index (χ2n) is 6.40. The Kier molecular flexibility index (Phi) is 3.57. The minimum atomic E-state index is -0.612. The molecule has 2 unspecified atom stereocenters. The van der Waals surface area contributed by atoms with Crippen LogP contribution in [0, 0.1) is 11.3 Å². The van der Waals surface area contributed by atoms with E-state index in [1.807, 2.05) is 30.3 Å². The van der Waals surface area contributed by atoms with Crippen LogP contribution in [0.2, 0.25) is 0 Å². The Morgan fingerprint density at radius 1 is 1.32 bits per heavy atom. The van der Waals surface area contributed by atoms with Gasteiger partial charge in [0.1, 0.15) is 5.54 Å². The van der Waals surface area contributed by atoms with Gasteiger partial charge < -0.3 is 10.1 Å². The molecule has 104 valence electrons. The van der Waals surface area contributed by atoms with E-state index in [2.05, 4.69) is 26.1 Å². The molecule has 3 heteroatoms. The fourth-order valence-electron chi connectivity index (χ4n) is 3.46. The molecule has 0 radical (unpaired) electrons. The summed E-state index contributed by atoms with van der Waals surface area (Å²) < 4.78 is 5.07. The zero-order valence-corrected chi connectivity index (χ0v) is 12.2. The molecule has 2 rings (SSSR count). The van der Waals surface area contributed by atoms with Gasteiger partial charge in [-0.05, 0) is 36.3 Å². The van der Waals surface area contributed by atoms with E-state index in [-0.39, 0.29) is 17.3 Å². The standard InChI is InChI=1S/C16H23NO2/c1-12-10-15(2,3)11-16(12,14(18)19-4)17-13-8-6-5-7-9-13/h5-9,12,17H,10-11H2,1-4H3. The van der Waals surface area contributed by atoms with Crippen molar-refractivity contribution in [3.05, 3.63) is 30.3 Å². The van der Waals surface area contributed by atoms with Gasteiger partial charge in [-0.3, -0.25) is 0 Å². The highest BCUT2D eigenvalue weighted by atomic mass is 16.5. The van der Waals surface area contributed by atoms with Crippen LogP contribution >= 0.6 is 0 Å². The third-order valence-electron chi connectivity index (χ3n) is 4.15. The second kappa shape index (κ2) is 4.87. The fraction of sp³-hybridized carbons (Fsp3) is 0.562. The summed E-state index contributed by atoms with van der Waals surface area (Å²) in [4.78, 5) is 12.4. The molecule has 0 heterocycles. The van der Waals surface area contributed by atoms with Crippen LogP contribution in [0.1, 0.15) is 33.6 Å². The molecule has 1 aromatic carbocycles. The maximum absolute atomic E-state index is 12.4. The summed E-state index contributed by atoms with van der Waals surface area (Å²) in [5.74, 6) is 0.0876. The smallest absolute Gasteiger partial charge is 0.331 e. The van der Waals surface area contributed by atoms with E-state index in [0.717, 1.165) is 18.5 Å². The van der Waals surface area contributed by atoms with Gasteiger partial charge in [0.15, 0.2) is 0 Å². The number of methoxy groups -OCH3 is 1. The van der Waals surface area contributed by atoms with Crippen molar-refractivity contribution in [2.45, 2.75) is 39.2 Å². The van der Waals surface area contributed by atoms with Crippen LogP contribution in [0.3, 0.4) is 0 Å². The highest BCUT2D eigenvalue weighted by Crippen LogP contribution is 2.49. The summed E-state index contributed by atoms with van der Waals surface area (Å²) in [6, 6.07) is 9.89. The van der Waals surface area contributed by atoms with Crippen molar-refractivity contribution in [2.24, 2.45) is 11.3 Å². The Morgan fingerprint density at radius 3 is 2.42 bits per heavy atom. The Bertz CT molecular complexity index is 455. The molecule has 3 nitrogen and oxygen atoms in total. The second-order valence-corrected chi connectivity index (χ2v) is 6.40. The van der Waals surface area contributed by atoms with Crippen molar-refractivity contribution in [3.63, 3.8) is 0 Å². The highest BCUT2D eigenvalue weighted by Gasteiger charge is 2.54. The van der Waals surface area contributed by atoms with Gasteiger partial charge in [-0.15, -0.1) is 0 Å². The van der Waals surface area contributed by atoms with Gasteiger partial charge in [-0.2, -0.15) is 0 Å². The van der Waals surface area contributed by atoms with Crippen molar-refractivity contribution >= 4 is 11.7 Å². The van der Waals surface area contributed by atoms with Gasteiger partial charge in [-0.25, -0.2) is 4.79 Å². The van der Waals surface area contributed by atoms with E-state index in [9.17, 15) is 4.79 Å². The molecule has 0 bridgehead atoms. The van der Waals surface area contributed by atoms with Crippen LogP contribution < -0.4 is 5.32 Å². The molecule has 1 aliphatic carbocycles. The minimum absolute atomic E-state index is 0.148. The lowest BCUT2D eigenvalue weighted by molar-refractivity contribution is -0.147. The molecule has 0 aromatic heterocycles. The summed E-state index contributed by atoms with van der Waals surface area (Å²) in [7, 11) is 1.47. The highest BCUT2D eigenvalue weighted by molar-refractivity contribution is 5.85. The Hall–Kier alpha value is -1.51. The van der Waals surface area contributed by atoms with Gasteiger partial charge in [0.25, 0.3) is 0 Å². The molecule has 1 saturated carbocycles. The molecule has 0 amide bonds. The minimum Gasteiger partial charge on any atom is -0.467 e. The summed E-state index contributed by atoms with van der Waals surface area (Å²) >= 11 is 0. The number of nitrogens with one attached hydrogen (secondary N) is 1. The first-order chi connectivity index (χ1) is 8.89. The van der Waals surface area contributed by atoms with Crippen molar-refractivity contribution in [1.29, 1.82) is 0 Å². The maximum atomic E-state index is 12.4. The number of carbonyl (C=O) groups excluding carboxylic acids is 1. The van der Waals surface area contributed by atoms with Crippen LogP contribution in [0.5, 0.6) is 0 Å². The molecule has 1 N–H and O–H groups in total. The number of ether oxygens (including phenoxy) is 1. The molecule has 0 spiro atoms. The van der Waals surface area contributed by atoms with E-state index in [4.69, 9.17) is 4.74 Å². The van der Waals surface area contributed by atoms with Gasteiger partial charge in [0.05, 0.1) is 7.11 Å². The zero-order chi connectivity index (χ0) is 14.1. The number of anilines is 1. The van der Waals surface area contributed by atoms with Gasteiger partial charge in [0, 0.05) is 5.69 Å². The molecule has 0 aliphatic heterocycles. The molecular formula is C16H23NO2. The van der Waals surface area contributed by atoms with Crippen LogP contribution in [0.15, 0.2) is 30.3 Å². The third kappa shape index (κ3) is 2.60. The molecule has 2 atom stereocenters. The van der Waals surface area contributed by atoms with Crippen LogP contribution in [-0.2, 0) is 9.53 Å². The summed E-state index contributed by atoms with van der Waals surface area (Å²) in [6.45, 7) is 6.54. The number of esters is 1. The van der Waals surface area contributed by atoms with E-state index >= 15 is 0 Å². The topological polar surface area (TPSA) is 38.3 Å². The first-order valence-corrected chi connectivity index (χ1v) is 6.81. The van der Waals surface area contributed by atoms with Gasteiger partial charge in [-0.1, -0.05) is 39.0 Å². The van der Waals surface area contributed by atoms with E-state index in [1.54, 1.807) is 0 Å². The Morgan fingerprint density at radius 2 is 1.95 bits per heavy atom. The third-order valence-corrected chi connectivity index (χ3v) is 4.15. The van der Waals surface area contributed by atoms with Crippen molar-refractivity contribution < 1.29 is 9.53 Å². The molecule has 1 aromatic rings. The monoisotopic (exact) mass is 261 g/mol. The predicted octanol–water partition coefficient (Wildman–Crippen LogP) is 3.47. The average Bonchev–Trinajstić information content (AvgIpc) is 2.60.